The molecule has 6 nitrogen and oxygen atoms in total. The molecule has 0 aliphatic heterocycles. The summed E-state index contributed by atoms with van der Waals surface area (Å²) in [6.45, 7) is 5.07. The Morgan fingerprint density at radius 2 is 1.92 bits per heavy atom. The van der Waals surface area contributed by atoms with Crippen LogP contribution in [0.2, 0.25) is 0 Å². The summed E-state index contributed by atoms with van der Waals surface area (Å²) < 4.78 is 4.81. The average molecular weight is 338 g/mol. The molecule has 0 unspecified atom stereocenters. The number of rotatable bonds is 6. The second-order valence-electron chi connectivity index (χ2n) is 5.78. The Labute approximate surface area is 145 Å². The highest BCUT2D eigenvalue weighted by Crippen LogP contribution is 2.18. The zero-order valence-corrected chi connectivity index (χ0v) is 14.2. The number of ketones is 2. The first-order chi connectivity index (χ1) is 11.9. The number of nitrogens with one attached hydrogen (secondary N) is 1. The van der Waals surface area contributed by atoms with Gasteiger partial charge < -0.3 is 9.73 Å². The molecule has 2 rings (SSSR count). The molecule has 0 aliphatic carbocycles. The fraction of sp³-hybridized carbons (Fsp3) is 0.263. The van der Waals surface area contributed by atoms with Crippen molar-refractivity contribution in [2.75, 3.05) is 0 Å². The molecular weight excluding hydrogens is 320 g/mol. The van der Waals surface area contributed by atoms with E-state index >= 15 is 0 Å². The summed E-state index contributed by atoms with van der Waals surface area (Å²) in [7, 11) is 0. The average Bonchev–Trinajstić information content (AvgIpc) is 3.12. The number of aryl methyl sites for hydroxylation is 1. The Bertz CT molecular complexity index is 847. The van der Waals surface area contributed by atoms with Crippen LogP contribution in [0.25, 0.3) is 0 Å². The highest BCUT2D eigenvalue weighted by atomic mass is 16.3. The molecule has 1 amide bonds. The molecule has 0 spiro atoms. The molecule has 2 atom stereocenters. The lowest BCUT2D eigenvalue weighted by molar-refractivity contribution is -0.121. The minimum atomic E-state index is -1.47. The number of benzene rings is 1. The summed E-state index contributed by atoms with van der Waals surface area (Å²) in [5.41, 5.74) is 2.23. The van der Waals surface area contributed by atoms with E-state index in [1.807, 2.05) is 13.0 Å². The number of nitriles is 1. The fourth-order valence-electron chi connectivity index (χ4n) is 2.42. The summed E-state index contributed by atoms with van der Waals surface area (Å²) in [6, 6.07) is 7.39. The van der Waals surface area contributed by atoms with Gasteiger partial charge in [-0.05, 0) is 38.0 Å². The van der Waals surface area contributed by atoms with E-state index < -0.39 is 29.4 Å². The van der Waals surface area contributed by atoms with E-state index in [4.69, 9.17) is 4.42 Å². The van der Waals surface area contributed by atoms with Gasteiger partial charge in [0.15, 0.2) is 17.5 Å². The largest absolute Gasteiger partial charge is 0.472 e. The Balaban J connectivity index is 2.17. The second-order valence-corrected chi connectivity index (χ2v) is 5.78. The first-order valence-electron chi connectivity index (χ1n) is 7.73. The van der Waals surface area contributed by atoms with Crippen molar-refractivity contribution in [3.05, 3.63) is 59.0 Å². The van der Waals surface area contributed by atoms with Crippen molar-refractivity contribution >= 4 is 17.5 Å². The molecule has 2 aromatic rings. The maximum absolute atomic E-state index is 12.6. The van der Waals surface area contributed by atoms with Crippen LogP contribution in [0.1, 0.15) is 38.8 Å². The van der Waals surface area contributed by atoms with E-state index in [0.717, 1.165) is 11.1 Å². The molecule has 1 N–H and O–H groups in total. The Kier molecular flexibility index (Phi) is 5.50. The predicted molar refractivity (Wildman–Crippen MR) is 90.0 cm³/mol. The predicted octanol–water partition coefficient (Wildman–Crippen LogP) is 2.61. The van der Waals surface area contributed by atoms with Gasteiger partial charge in [-0.25, -0.2) is 0 Å². The summed E-state index contributed by atoms with van der Waals surface area (Å²) in [6.07, 6.45) is 2.58. The highest BCUT2D eigenvalue weighted by molar-refractivity contribution is 6.15. The van der Waals surface area contributed by atoms with Gasteiger partial charge in [0.2, 0.25) is 0 Å². The quantitative estimate of drug-likeness (QED) is 0.644. The first-order valence-corrected chi connectivity index (χ1v) is 7.73. The molecule has 0 aliphatic rings. The van der Waals surface area contributed by atoms with Crippen molar-refractivity contribution in [2.24, 2.45) is 5.92 Å². The monoisotopic (exact) mass is 338 g/mol. The van der Waals surface area contributed by atoms with Crippen molar-refractivity contribution < 1.29 is 18.8 Å². The molecule has 0 radical (unpaired) electrons. The van der Waals surface area contributed by atoms with Crippen molar-refractivity contribution in [2.45, 2.75) is 26.8 Å². The molecule has 0 bridgehead atoms. The topological polar surface area (TPSA) is 100 Å². The summed E-state index contributed by atoms with van der Waals surface area (Å²) >= 11 is 0. The third-order valence-corrected chi connectivity index (χ3v) is 4.10. The molecule has 0 saturated heterocycles. The highest BCUT2D eigenvalue weighted by Gasteiger charge is 2.32. The van der Waals surface area contributed by atoms with Crippen LogP contribution in [0.5, 0.6) is 0 Å². The van der Waals surface area contributed by atoms with Crippen molar-refractivity contribution in [1.29, 1.82) is 5.26 Å². The van der Waals surface area contributed by atoms with Gasteiger partial charge in [0, 0.05) is 5.56 Å². The molecular formula is C19H18N2O4. The van der Waals surface area contributed by atoms with Gasteiger partial charge in [-0.15, -0.1) is 0 Å². The number of furan rings is 1. The van der Waals surface area contributed by atoms with Crippen LogP contribution in [0, 0.1) is 31.1 Å². The summed E-state index contributed by atoms with van der Waals surface area (Å²) in [5, 5.41) is 11.8. The Hall–Kier alpha value is -3.20. The van der Waals surface area contributed by atoms with E-state index in [1.165, 1.54) is 25.5 Å². The summed E-state index contributed by atoms with van der Waals surface area (Å²) in [5.74, 6) is -3.19. The zero-order chi connectivity index (χ0) is 18.6. The van der Waals surface area contributed by atoms with Crippen LogP contribution in [-0.2, 0) is 4.79 Å². The number of hydrogen-bond donors (Lipinski definition) is 1. The number of Topliss-reactive ketones (excluding diaryl/α,β-unsaturated/α-hetero) is 2. The van der Waals surface area contributed by atoms with Gasteiger partial charge >= 0.3 is 0 Å². The van der Waals surface area contributed by atoms with E-state index in [1.54, 1.807) is 25.1 Å². The smallest absolute Gasteiger partial charge is 0.255 e. The number of amides is 1. The van der Waals surface area contributed by atoms with Crippen LogP contribution in [0.15, 0.2) is 41.2 Å². The maximum atomic E-state index is 12.6. The fourth-order valence-corrected chi connectivity index (χ4v) is 2.42. The Morgan fingerprint density at radius 3 is 2.52 bits per heavy atom. The second kappa shape index (κ2) is 7.58. The SMILES string of the molecule is Cc1cccc(C(=O)[C@H](C#N)C(=O)[C@H](C)NC(=O)c2ccoc2)c1C. The van der Waals surface area contributed by atoms with Crippen molar-refractivity contribution in [1.82, 2.24) is 5.32 Å². The maximum Gasteiger partial charge on any atom is 0.255 e. The molecule has 25 heavy (non-hydrogen) atoms. The van der Waals surface area contributed by atoms with E-state index in [2.05, 4.69) is 5.32 Å². The van der Waals surface area contributed by atoms with Crippen LogP contribution >= 0.6 is 0 Å². The van der Waals surface area contributed by atoms with Gasteiger partial charge in [0.1, 0.15) is 6.26 Å². The molecule has 1 heterocycles. The molecule has 1 aromatic heterocycles. The number of carbonyl (C=O) groups is 3. The van der Waals surface area contributed by atoms with Crippen molar-refractivity contribution in [3.8, 4) is 6.07 Å². The first kappa shape index (κ1) is 18.1. The van der Waals surface area contributed by atoms with Gasteiger partial charge in [0.25, 0.3) is 5.91 Å². The van der Waals surface area contributed by atoms with Crippen LogP contribution in [-0.4, -0.2) is 23.5 Å². The standard InChI is InChI=1S/C19H18N2O4/c1-11-5-4-6-15(12(11)2)18(23)16(9-20)17(22)13(3)21-19(24)14-7-8-25-10-14/h4-8,10,13,16H,1-3H3,(H,21,24)/t13-,16+/m0/s1. The van der Waals surface area contributed by atoms with Crippen LogP contribution in [0.3, 0.4) is 0 Å². The van der Waals surface area contributed by atoms with Crippen LogP contribution in [0.4, 0.5) is 0 Å². The number of carbonyl (C=O) groups excluding carboxylic acids is 3. The van der Waals surface area contributed by atoms with Crippen LogP contribution < -0.4 is 5.32 Å². The molecule has 0 fully saturated rings. The lowest BCUT2D eigenvalue weighted by atomic mass is 9.88. The third kappa shape index (κ3) is 3.83. The molecule has 6 heteroatoms. The summed E-state index contributed by atoms with van der Waals surface area (Å²) in [4.78, 5) is 37.1. The zero-order valence-electron chi connectivity index (χ0n) is 14.2. The molecule has 0 saturated carbocycles. The minimum absolute atomic E-state index is 0.258. The Morgan fingerprint density at radius 1 is 1.20 bits per heavy atom. The van der Waals surface area contributed by atoms with Gasteiger partial charge in [0.05, 0.1) is 23.9 Å². The van der Waals surface area contributed by atoms with Gasteiger partial charge in [-0.1, -0.05) is 18.2 Å². The lowest BCUT2D eigenvalue weighted by Gasteiger charge is -2.16. The molecule has 128 valence electrons. The number of hydrogen-bond acceptors (Lipinski definition) is 5. The van der Waals surface area contributed by atoms with E-state index in [9.17, 15) is 19.6 Å². The third-order valence-electron chi connectivity index (χ3n) is 4.10. The normalized spacial score (nSPS) is 12.7. The van der Waals surface area contributed by atoms with Gasteiger partial charge in [-0.2, -0.15) is 5.26 Å². The van der Waals surface area contributed by atoms with Crippen molar-refractivity contribution in [3.63, 3.8) is 0 Å². The van der Waals surface area contributed by atoms with E-state index in [0.29, 0.717) is 5.56 Å². The van der Waals surface area contributed by atoms with Gasteiger partial charge in [-0.3, -0.25) is 14.4 Å². The lowest BCUT2D eigenvalue weighted by Crippen LogP contribution is -2.43. The molecule has 1 aromatic carbocycles. The minimum Gasteiger partial charge on any atom is -0.472 e. The number of nitrogens with zero attached hydrogens (tertiary/aromatic N) is 1. The van der Waals surface area contributed by atoms with E-state index in [-0.39, 0.29) is 5.56 Å².